The molecular formula is C10H13N3O5S. The highest BCUT2D eigenvalue weighted by Crippen LogP contribution is 2.16. The van der Waals surface area contributed by atoms with E-state index in [-0.39, 0.29) is 17.1 Å². The van der Waals surface area contributed by atoms with Crippen LogP contribution in [0.3, 0.4) is 0 Å². The number of benzene rings is 1. The highest BCUT2D eigenvalue weighted by Gasteiger charge is 2.35. The average Bonchev–Trinajstić information content (AvgIpc) is 2.34. The summed E-state index contributed by atoms with van der Waals surface area (Å²) in [6.07, 6.45) is 0. The molecule has 0 aliphatic carbocycles. The summed E-state index contributed by atoms with van der Waals surface area (Å²) in [7, 11) is -3.77. The molecule has 0 saturated carbocycles. The van der Waals surface area contributed by atoms with Gasteiger partial charge in [0, 0.05) is 31.8 Å². The van der Waals surface area contributed by atoms with Crippen LogP contribution in [0.1, 0.15) is 0 Å². The molecule has 0 bridgehead atoms. The zero-order chi connectivity index (χ0) is 14.1. The van der Waals surface area contributed by atoms with Crippen molar-refractivity contribution in [1.29, 1.82) is 0 Å². The lowest BCUT2D eigenvalue weighted by atomic mass is 9.98. The van der Waals surface area contributed by atoms with Gasteiger partial charge in [-0.15, -0.1) is 0 Å². The lowest BCUT2D eigenvalue weighted by Gasteiger charge is -2.37. The van der Waals surface area contributed by atoms with E-state index in [2.05, 4.69) is 10.0 Å². The van der Waals surface area contributed by atoms with Crippen LogP contribution in [0.25, 0.3) is 0 Å². The fraction of sp³-hybridized carbons (Fsp3) is 0.400. The Morgan fingerprint density at radius 1 is 1.37 bits per heavy atom. The van der Waals surface area contributed by atoms with E-state index >= 15 is 0 Å². The second-order valence-electron chi connectivity index (χ2n) is 4.40. The molecule has 1 aliphatic rings. The van der Waals surface area contributed by atoms with Gasteiger partial charge in [-0.3, -0.25) is 10.1 Å². The van der Waals surface area contributed by atoms with Crippen molar-refractivity contribution < 1.29 is 18.4 Å². The van der Waals surface area contributed by atoms with Gasteiger partial charge in [-0.05, 0) is 12.1 Å². The predicted molar refractivity (Wildman–Crippen MR) is 66.1 cm³/mol. The topological polar surface area (TPSA) is 122 Å². The third kappa shape index (κ3) is 3.07. The number of nitro groups is 1. The van der Waals surface area contributed by atoms with E-state index in [0.29, 0.717) is 13.1 Å². The Bertz CT molecular complexity index is 580. The first-order chi connectivity index (χ1) is 8.82. The van der Waals surface area contributed by atoms with Gasteiger partial charge in [0.2, 0.25) is 10.0 Å². The number of rotatable bonds is 5. The van der Waals surface area contributed by atoms with Crippen molar-refractivity contribution in [2.24, 2.45) is 0 Å². The van der Waals surface area contributed by atoms with E-state index in [9.17, 15) is 23.6 Å². The Kier molecular flexibility index (Phi) is 3.54. The molecule has 8 nitrogen and oxygen atoms in total. The van der Waals surface area contributed by atoms with Gasteiger partial charge >= 0.3 is 0 Å². The maximum absolute atomic E-state index is 11.9. The molecule has 1 fully saturated rings. The molecule has 1 heterocycles. The second-order valence-corrected chi connectivity index (χ2v) is 6.17. The molecule has 1 aromatic carbocycles. The number of sulfonamides is 1. The molecule has 1 aromatic rings. The van der Waals surface area contributed by atoms with Crippen LogP contribution in [0, 0.1) is 10.1 Å². The third-order valence-corrected chi connectivity index (χ3v) is 4.27. The number of hydrogen-bond acceptors (Lipinski definition) is 6. The monoisotopic (exact) mass is 287 g/mol. The number of nitrogens with one attached hydrogen (secondary N) is 2. The number of β-amino-alcohol motifs (C(OH)–C–C–N with tert-alkyl or cyclic N) is 1. The molecular weight excluding hydrogens is 274 g/mol. The number of aliphatic hydroxyl groups is 1. The van der Waals surface area contributed by atoms with Crippen molar-refractivity contribution in [3.8, 4) is 0 Å². The quantitative estimate of drug-likeness (QED) is 0.482. The summed E-state index contributed by atoms with van der Waals surface area (Å²) in [4.78, 5) is 9.79. The van der Waals surface area contributed by atoms with E-state index in [1.54, 1.807) is 0 Å². The minimum Gasteiger partial charge on any atom is -0.386 e. The van der Waals surface area contributed by atoms with Gasteiger partial charge < -0.3 is 10.4 Å². The molecule has 3 N–H and O–H groups in total. The summed E-state index contributed by atoms with van der Waals surface area (Å²) in [6, 6.07) is 4.55. The summed E-state index contributed by atoms with van der Waals surface area (Å²) in [5.41, 5.74) is -1.24. The van der Waals surface area contributed by atoms with Crippen molar-refractivity contribution in [2.45, 2.75) is 10.5 Å². The molecule has 19 heavy (non-hydrogen) atoms. The Morgan fingerprint density at radius 2 is 1.95 bits per heavy atom. The molecule has 1 saturated heterocycles. The van der Waals surface area contributed by atoms with Crippen molar-refractivity contribution in [3.63, 3.8) is 0 Å². The fourth-order valence-corrected chi connectivity index (χ4v) is 2.72. The van der Waals surface area contributed by atoms with Crippen molar-refractivity contribution in [3.05, 3.63) is 34.4 Å². The van der Waals surface area contributed by atoms with Crippen LogP contribution in [0.15, 0.2) is 29.2 Å². The first kappa shape index (κ1) is 13.9. The summed E-state index contributed by atoms with van der Waals surface area (Å²) < 4.78 is 26.1. The van der Waals surface area contributed by atoms with Crippen LogP contribution in [0.4, 0.5) is 5.69 Å². The van der Waals surface area contributed by atoms with Crippen LogP contribution < -0.4 is 10.0 Å². The summed E-state index contributed by atoms with van der Waals surface area (Å²) in [6.45, 7) is 0.560. The lowest BCUT2D eigenvalue weighted by Crippen LogP contribution is -2.64. The van der Waals surface area contributed by atoms with Gasteiger partial charge in [-0.25, -0.2) is 13.1 Å². The Morgan fingerprint density at radius 3 is 2.37 bits per heavy atom. The number of hydrogen-bond donors (Lipinski definition) is 3. The van der Waals surface area contributed by atoms with Gasteiger partial charge in [0.1, 0.15) is 5.60 Å². The molecule has 0 radical (unpaired) electrons. The van der Waals surface area contributed by atoms with Crippen molar-refractivity contribution >= 4 is 15.7 Å². The van der Waals surface area contributed by atoms with Gasteiger partial charge in [-0.2, -0.15) is 0 Å². The predicted octanol–water partition coefficient (Wildman–Crippen LogP) is -0.793. The first-order valence-corrected chi connectivity index (χ1v) is 6.98. The second kappa shape index (κ2) is 4.85. The molecule has 0 unspecified atom stereocenters. The Hall–Kier alpha value is -1.55. The van der Waals surface area contributed by atoms with Crippen LogP contribution in [-0.4, -0.2) is 43.7 Å². The maximum Gasteiger partial charge on any atom is 0.269 e. The van der Waals surface area contributed by atoms with Gasteiger partial charge in [0.15, 0.2) is 0 Å². The van der Waals surface area contributed by atoms with Crippen LogP contribution >= 0.6 is 0 Å². The van der Waals surface area contributed by atoms with E-state index in [0.717, 1.165) is 24.3 Å². The third-order valence-electron chi connectivity index (χ3n) is 2.86. The molecule has 104 valence electrons. The van der Waals surface area contributed by atoms with Crippen molar-refractivity contribution in [1.82, 2.24) is 10.0 Å². The Balaban J connectivity index is 2.08. The minimum atomic E-state index is -3.77. The van der Waals surface area contributed by atoms with E-state index in [4.69, 9.17) is 0 Å². The van der Waals surface area contributed by atoms with Gasteiger partial charge in [-0.1, -0.05) is 0 Å². The zero-order valence-corrected chi connectivity index (χ0v) is 10.7. The fourth-order valence-electron chi connectivity index (χ4n) is 1.60. The molecule has 2 rings (SSSR count). The first-order valence-electron chi connectivity index (χ1n) is 5.50. The SMILES string of the molecule is O=[N+]([O-])c1ccc(S(=O)(=O)NCC2(O)CNC2)cc1. The highest BCUT2D eigenvalue weighted by molar-refractivity contribution is 7.89. The average molecular weight is 287 g/mol. The molecule has 0 atom stereocenters. The molecule has 9 heteroatoms. The highest BCUT2D eigenvalue weighted by atomic mass is 32.2. The van der Waals surface area contributed by atoms with Crippen LogP contribution in [0.5, 0.6) is 0 Å². The van der Waals surface area contributed by atoms with Gasteiger partial charge in [0.25, 0.3) is 5.69 Å². The number of nitrogens with zero attached hydrogens (tertiary/aromatic N) is 1. The van der Waals surface area contributed by atoms with Crippen molar-refractivity contribution in [2.75, 3.05) is 19.6 Å². The van der Waals surface area contributed by atoms with E-state index in [1.807, 2.05) is 0 Å². The van der Waals surface area contributed by atoms with E-state index < -0.39 is 20.5 Å². The standard InChI is InChI=1S/C10H13N3O5S/c14-10(5-11-6-10)7-12-19(17,18)9-3-1-8(2-4-9)13(15)16/h1-4,11-12,14H,5-7H2. The van der Waals surface area contributed by atoms with Gasteiger partial charge in [0.05, 0.1) is 9.82 Å². The lowest BCUT2D eigenvalue weighted by molar-refractivity contribution is -0.384. The molecule has 0 spiro atoms. The zero-order valence-electron chi connectivity index (χ0n) is 9.87. The van der Waals surface area contributed by atoms with Crippen LogP contribution in [-0.2, 0) is 10.0 Å². The molecule has 0 aromatic heterocycles. The summed E-state index contributed by atoms with van der Waals surface area (Å²) in [5, 5.41) is 23.1. The van der Waals surface area contributed by atoms with E-state index in [1.165, 1.54) is 0 Å². The summed E-state index contributed by atoms with van der Waals surface area (Å²) >= 11 is 0. The largest absolute Gasteiger partial charge is 0.386 e. The molecule has 0 amide bonds. The maximum atomic E-state index is 11.9. The Labute approximate surface area is 109 Å². The normalized spacial score (nSPS) is 17.7. The molecule has 1 aliphatic heterocycles. The minimum absolute atomic E-state index is 0.0750. The summed E-state index contributed by atoms with van der Waals surface area (Å²) in [5.74, 6) is 0. The number of non-ortho nitro benzene ring substituents is 1. The smallest absolute Gasteiger partial charge is 0.269 e. The number of nitro benzene ring substituents is 1. The van der Waals surface area contributed by atoms with Crippen LogP contribution in [0.2, 0.25) is 0 Å².